The van der Waals surface area contributed by atoms with Crippen molar-refractivity contribution in [1.82, 2.24) is 20.1 Å². The highest BCUT2D eigenvalue weighted by Gasteiger charge is 2.03. The van der Waals surface area contributed by atoms with Gasteiger partial charge in [-0.25, -0.2) is 9.37 Å². The molecule has 1 aromatic heterocycles. The van der Waals surface area contributed by atoms with Crippen molar-refractivity contribution >= 4 is 15.9 Å². The van der Waals surface area contributed by atoms with Crippen LogP contribution in [0, 0.1) is 5.82 Å². The Morgan fingerprint density at radius 2 is 2.28 bits per heavy atom. The van der Waals surface area contributed by atoms with Crippen LogP contribution >= 0.6 is 15.9 Å². The van der Waals surface area contributed by atoms with Crippen molar-refractivity contribution in [1.29, 1.82) is 0 Å². The van der Waals surface area contributed by atoms with Crippen LogP contribution in [0.3, 0.4) is 0 Å². The Hall–Kier alpha value is -1.27. The van der Waals surface area contributed by atoms with Crippen molar-refractivity contribution in [2.24, 2.45) is 7.05 Å². The highest BCUT2D eigenvalue weighted by molar-refractivity contribution is 9.10. The first-order chi connectivity index (χ1) is 8.65. The van der Waals surface area contributed by atoms with Crippen LogP contribution in [0.25, 0.3) is 0 Å². The average Bonchev–Trinajstić information content (AvgIpc) is 2.75. The summed E-state index contributed by atoms with van der Waals surface area (Å²) < 4.78 is 16.0. The van der Waals surface area contributed by atoms with E-state index in [4.69, 9.17) is 0 Å². The van der Waals surface area contributed by atoms with Gasteiger partial charge >= 0.3 is 0 Å². The van der Waals surface area contributed by atoms with Gasteiger partial charge in [0.25, 0.3) is 0 Å². The van der Waals surface area contributed by atoms with Crippen LogP contribution in [0.5, 0.6) is 0 Å². The number of benzene rings is 1. The van der Waals surface area contributed by atoms with Crippen LogP contribution in [0.15, 0.2) is 29.0 Å². The van der Waals surface area contributed by atoms with E-state index in [2.05, 4.69) is 31.3 Å². The van der Waals surface area contributed by atoms with Crippen molar-refractivity contribution in [2.75, 3.05) is 6.54 Å². The standard InChI is InChI=1S/C12H14BrFN4/c1-18-8-16-12(17-18)4-5-15-7-9-6-10(13)2-3-11(9)14/h2-3,6,8,15H,4-5,7H2,1H3. The SMILES string of the molecule is Cn1cnc(CCNCc2cc(Br)ccc2F)n1. The Kier molecular flexibility index (Phi) is 4.43. The summed E-state index contributed by atoms with van der Waals surface area (Å²) in [4.78, 5) is 4.12. The van der Waals surface area contributed by atoms with Crippen LogP contribution in [0.4, 0.5) is 4.39 Å². The zero-order valence-corrected chi connectivity index (χ0v) is 11.6. The maximum Gasteiger partial charge on any atom is 0.151 e. The third kappa shape index (κ3) is 3.61. The van der Waals surface area contributed by atoms with Crippen molar-refractivity contribution in [3.8, 4) is 0 Å². The number of hydrogen-bond donors (Lipinski definition) is 1. The van der Waals surface area contributed by atoms with E-state index in [1.807, 2.05) is 7.05 Å². The van der Waals surface area contributed by atoms with Gasteiger partial charge in [0, 0.05) is 36.6 Å². The lowest BCUT2D eigenvalue weighted by Crippen LogP contribution is -2.18. The Labute approximate surface area is 113 Å². The molecule has 96 valence electrons. The first kappa shape index (κ1) is 13.2. The predicted molar refractivity (Wildman–Crippen MR) is 70.5 cm³/mol. The van der Waals surface area contributed by atoms with Gasteiger partial charge in [0.1, 0.15) is 12.1 Å². The van der Waals surface area contributed by atoms with Crippen molar-refractivity contribution < 1.29 is 4.39 Å². The molecule has 0 unspecified atom stereocenters. The van der Waals surface area contributed by atoms with Crippen LogP contribution in [-0.2, 0) is 20.0 Å². The van der Waals surface area contributed by atoms with Crippen LogP contribution < -0.4 is 5.32 Å². The van der Waals surface area contributed by atoms with Crippen molar-refractivity contribution in [3.63, 3.8) is 0 Å². The zero-order valence-electron chi connectivity index (χ0n) is 10.0. The minimum Gasteiger partial charge on any atom is -0.312 e. The molecule has 0 aliphatic rings. The monoisotopic (exact) mass is 312 g/mol. The normalized spacial score (nSPS) is 10.8. The third-order valence-corrected chi connectivity index (χ3v) is 2.99. The maximum atomic E-state index is 13.4. The molecule has 0 aliphatic carbocycles. The summed E-state index contributed by atoms with van der Waals surface area (Å²) in [7, 11) is 1.83. The van der Waals surface area contributed by atoms with Gasteiger partial charge < -0.3 is 5.32 Å². The predicted octanol–water partition coefficient (Wildman–Crippen LogP) is 2.05. The van der Waals surface area contributed by atoms with Gasteiger partial charge in [-0.1, -0.05) is 15.9 Å². The molecule has 6 heteroatoms. The van der Waals surface area contributed by atoms with Gasteiger partial charge in [0.05, 0.1) is 0 Å². The molecule has 0 radical (unpaired) electrons. The molecule has 4 nitrogen and oxygen atoms in total. The van der Waals surface area contributed by atoms with Gasteiger partial charge in [0.2, 0.25) is 0 Å². The lowest BCUT2D eigenvalue weighted by Gasteiger charge is -2.05. The van der Waals surface area contributed by atoms with Gasteiger partial charge in [-0.3, -0.25) is 4.68 Å². The molecule has 0 aliphatic heterocycles. The minimum absolute atomic E-state index is 0.193. The quantitative estimate of drug-likeness (QED) is 0.859. The second kappa shape index (κ2) is 6.06. The van der Waals surface area contributed by atoms with Gasteiger partial charge in [-0.05, 0) is 18.2 Å². The van der Waals surface area contributed by atoms with E-state index in [0.29, 0.717) is 12.1 Å². The number of aryl methyl sites for hydroxylation is 1. The number of halogens is 2. The number of aromatic nitrogens is 3. The van der Waals surface area contributed by atoms with E-state index >= 15 is 0 Å². The second-order valence-corrected chi connectivity index (χ2v) is 4.91. The smallest absolute Gasteiger partial charge is 0.151 e. The Bertz CT molecular complexity index is 527. The molecule has 0 bridgehead atoms. The molecule has 1 heterocycles. The van der Waals surface area contributed by atoms with Crippen molar-refractivity contribution in [3.05, 3.63) is 46.2 Å². The molecule has 2 rings (SSSR count). The van der Waals surface area contributed by atoms with Crippen molar-refractivity contribution in [2.45, 2.75) is 13.0 Å². The summed E-state index contributed by atoms with van der Waals surface area (Å²) in [5.41, 5.74) is 0.651. The Morgan fingerprint density at radius 3 is 3.00 bits per heavy atom. The fourth-order valence-electron chi connectivity index (χ4n) is 1.60. The number of nitrogens with zero attached hydrogens (tertiary/aromatic N) is 3. The van der Waals surface area contributed by atoms with Crippen LogP contribution in [0.1, 0.15) is 11.4 Å². The van der Waals surface area contributed by atoms with Crippen LogP contribution in [0.2, 0.25) is 0 Å². The molecule has 0 amide bonds. The molecule has 0 saturated carbocycles. The van der Waals surface area contributed by atoms with E-state index in [-0.39, 0.29) is 5.82 Å². The molecule has 2 aromatic rings. The molecule has 0 fully saturated rings. The first-order valence-corrected chi connectivity index (χ1v) is 6.43. The summed E-state index contributed by atoms with van der Waals surface area (Å²) >= 11 is 3.33. The number of hydrogen-bond acceptors (Lipinski definition) is 3. The highest BCUT2D eigenvalue weighted by atomic mass is 79.9. The Balaban J connectivity index is 1.80. The zero-order chi connectivity index (χ0) is 13.0. The molecule has 1 N–H and O–H groups in total. The average molecular weight is 313 g/mol. The van der Waals surface area contributed by atoms with Gasteiger partial charge in [-0.2, -0.15) is 5.10 Å². The highest BCUT2D eigenvalue weighted by Crippen LogP contribution is 2.15. The second-order valence-electron chi connectivity index (χ2n) is 4.00. The Morgan fingerprint density at radius 1 is 1.44 bits per heavy atom. The van der Waals surface area contributed by atoms with Gasteiger partial charge in [-0.15, -0.1) is 0 Å². The fourth-order valence-corrected chi connectivity index (χ4v) is 2.01. The van der Waals surface area contributed by atoms with E-state index in [9.17, 15) is 4.39 Å². The number of rotatable bonds is 5. The van der Waals surface area contributed by atoms with E-state index in [0.717, 1.165) is 23.3 Å². The summed E-state index contributed by atoms with van der Waals surface area (Å²) in [6.07, 6.45) is 2.40. The molecular formula is C12H14BrFN4. The summed E-state index contributed by atoms with van der Waals surface area (Å²) in [5.74, 6) is 0.598. The molecule has 0 saturated heterocycles. The largest absolute Gasteiger partial charge is 0.312 e. The summed E-state index contributed by atoms with van der Waals surface area (Å²) in [5, 5.41) is 7.35. The topological polar surface area (TPSA) is 42.7 Å². The lowest BCUT2D eigenvalue weighted by atomic mass is 10.2. The van der Waals surface area contributed by atoms with Gasteiger partial charge in [0.15, 0.2) is 5.82 Å². The molecule has 18 heavy (non-hydrogen) atoms. The van der Waals surface area contributed by atoms with E-state index in [1.165, 1.54) is 6.07 Å². The summed E-state index contributed by atoms with van der Waals surface area (Å²) in [6.45, 7) is 1.22. The third-order valence-electron chi connectivity index (χ3n) is 2.50. The molecule has 1 aromatic carbocycles. The summed E-state index contributed by atoms with van der Waals surface area (Å²) in [6, 6.07) is 4.93. The fraction of sp³-hybridized carbons (Fsp3) is 0.333. The number of nitrogens with one attached hydrogen (secondary N) is 1. The minimum atomic E-state index is -0.193. The molecular weight excluding hydrogens is 299 g/mol. The lowest BCUT2D eigenvalue weighted by molar-refractivity contribution is 0.585. The maximum absolute atomic E-state index is 13.4. The van der Waals surface area contributed by atoms with E-state index in [1.54, 1.807) is 23.1 Å². The van der Waals surface area contributed by atoms with Crippen LogP contribution in [-0.4, -0.2) is 21.3 Å². The molecule has 0 spiro atoms. The van der Waals surface area contributed by atoms with E-state index < -0.39 is 0 Å². The molecule has 0 atom stereocenters. The first-order valence-electron chi connectivity index (χ1n) is 5.64.